The highest BCUT2D eigenvalue weighted by Gasteiger charge is 2.08. The van der Waals surface area contributed by atoms with Gasteiger partial charge in [-0.25, -0.2) is 9.18 Å². The second kappa shape index (κ2) is 5.91. The molecule has 20 heavy (non-hydrogen) atoms. The van der Waals surface area contributed by atoms with Crippen molar-refractivity contribution in [3.05, 3.63) is 63.1 Å². The van der Waals surface area contributed by atoms with E-state index in [0.717, 1.165) is 17.0 Å². The van der Waals surface area contributed by atoms with E-state index in [0.29, 0.717) is 12.2 Å². The summed E-state index contributed by atoms with van der Waals surface area (Å²) < 4.78 is 14.1. The summed E-state index contributed by atoms with van der Waals surface area (Å²) in [5, 5.41) is 13.5. The first-order valence-electron chi connectivity index (χ1n) is 5.76. The Morgan fingerprint density at radius 1 is 1.45 bits per heavy atom. The van der Waals surface area contributed by atoms with Crippen LogP contribution in [0.15, 0.2) is 41.5 Å². The quantitative estimate of drug-likeness (QED) is 0.659. The van der Waals surface area contributed by atoms with Crippen LogP contribution in [0.1, 0.15) is 0 Å². The lowest BCUT2D eigenvalue weighted by molar-refractivity contribution is -0.385. The van der Waals surface area contributed by atoms with Crippen LogP contribution in [0.5, 0.6) is 0 Å². The summed E-state index contributed by atoms with van der Waals surface area (Å²) in [4.78, 5) is 24.8. The fourth-order valence-electron chi connectivity index (χ4n) is 1.62. The lowest BCUT2D eigenvalue weighted by Crippen LogP contribution is -2.25. The van der Waals surface area contributed by atoms with Crippen LogP contribution in [-0.4, -0.2) is 21.0 Å². The number of anilines is 1. The Kier molecular flexibility index (Phi) is 4.04. The van der Waals surface area contributed by atoms with E-state index in [1.54, 1.807) is 12.1 Å². The molecule has 2 rings (SSSR count). The van der Waals surface area contributed by atoms with Crippen molar-refractivity contribution < 1.29 is 9.31 Å². The highest BCUT2D eigenvalue weighted by molar-refractivity contribution is 5.42. The zero-order valence-electron chi connectivity index (χ0n) is 10.3. The van der Waals surface area contributed by atoms with Crippen LogP contribution in [0.3, 0.4) is 0 Å². The van der Waals surface area contributed by atoms with Gasteiger partial charge >= 0.3 is 11.4 Å². The van der Waals surface area contributed by atoms with Crippen molar-refractivity contribution >= 4 is 11.4 Å². The molecule has 1 aromatic heterocycles. The largest absolute Gasteiger partial charge is 0.383 e. The Balaban J connectivity index is 2.02. The van der Waals surface area contributed by atoms with Crippen LogP contribution >= 0.6 is 0 Å². The maximum atomic E-state index is 12.9. The number of nitrogens with zero attached hydrogens (tertiary/aromatic N) is 3. The molecular weight excluding hydrogens is 267 g/mol. The number of nitrogens with one attached hydrogen (secondary N) is 1. The number of aromatic nitrogens is 2. The molecule has 104 valence electrons. The molecule has 0 spiro atoms. The maximum Gasteiger partial charge on any atom is 0.348 e. The summed E-state index contributed by atoms with van der Waals surface area (Å²) >= 11 is 0. The Morgan fingerprint density at radius 3 is 2.95 bits per heavy atom. The van der Waals surface area contributed by atoms with Crippen molar-refractivity contribution in [2.45, 2.75) is 6.54 Å². The minimum Gasteiger partial charge on any atom is -0.383 e. The normalized spacial score (nSPS) is 10.2. The van der Waals surface area contributed by atoms with E-state index in [4.69, 9.17) is 0 Å². The van der Waals surface area contributed by atoms with Gasteiger partial charge in [0.1, 0.15) is 12.0 Å². The van der Waals surface area contributed by atoms with Gasteiger partial charge in [-0.05, 0) is 18.2 Å². The van der Waals surface area contributed by atoms with E-state index in [1.807, 2.05) is 0 Å². The van der Waals surface area contributed by atoms with Crippen molar-refractivity contribution in [3.8, 4) is 0 Å². The average Bonchev–Trinajstić information content (AvgIpc) is 2.40. The third-order valence-electron chi connectivity index (χ3n) is 2.56. The minimum atomic E-state index is -0.622. The topological polar surface area (TPSA) is 90.1 Å². The number of benzene rings is 1. The second-order valence-electron chi connectivity index (χ2n) is 3.98. The van der Waals surface area contributed by atoms with E-state index in [9.17, 15) is 19.3 Å². The molecule has 0 bridgehead atoms. The Morgan fingerprint density at radius 2 is 2.25 bits per heavy atom. The minimum absolute atomic E-state index is 0.185. The fourth-order valence-corrected chi connectivity index (χ4v) is 1.62. The van der Waals surface area contributed by atoms with Crippen molar-refractivity contribution in [1.29, 1.82) is 0 Å². The molecule has 0 saturated carbocycles. The number of halogens is 1. The molecule has 0 aliphatic heterocycles. The first-order valence-corrected chi connectivity index (χ1v) is 5.76. The molecule has 0 radical (unpaired) electrons. The first-order chi connectivity index (χ1) is 9.56. The van der Waals surface area contributed by atoms with E-state index in [-0.39, 0.29) is 18.0 Å². The van der Waals surface area contributed by atoms with E-state index >= 15 is 0 Å². The summed E-state index contributed by atoms with van der Waals surface area (Å²) in [6.07, 6.45) is 2.04. The predicted octanol–water partition coefficient (Wildman–Crippen LogP) is 1.40. The molecule has 1 heterocycles. The van der Waals surface area contributed by atoms with E-state index < -0.39 is 10.6 Å². The highest BCUT2D eigenvalue weighted by Crippen LogP contribution is 2.09. The van der Waals surface area contributed by atoms with Gasteiger partial charge in [-0.3, -0.25) is 14.7 Å². The Labute approximate surface area is 112 Å². The third-order valence-corrected chi connectivity index (χ3v) is 2.56. The molecule has 0 amide bonds. The molecule has 0 aliphatic carbocycles. The number of hydrogen-bond acceptors (Lipinski definition) is 5. The Bertz CT molecular complexity index is 686. The second-order valence-corrected chi connectivity index (χ2v) is 3.98. The molecule has 0 unspecified atom stereocenters. The van der Waals surface area contributed by atoms with Crippen LogP contribution in [-0.2, 0) is 6.54 Å². The molecule has 1 aromatic carbocycles. The molecule has 2 aromatic rings. The van der Waals surface area contributed by atoms with Gasteiger partial charge in [0.15, 0.2) is 0 Å². The Hall–Kier alpha value is -2.77. The van der Waals surface area contributed by atoms with Crippen LogP contribution in [0.2, 0.25) is 0 Å². The van der Waals surface area contributed by atoms with E-state index in [2.05, 4.69) is 10.3 Å². The van der Waals surface area contributed by atoms with Gasteiger partial charge in [0.05, 0.1) is 11.1 Å². The monoisotopic (exact) mass is 278 g/mol. The standard InChI is InChI=1S/C12H11FN4O3/c13-9-2-1-3-10(6-9)14-4-5-16-8-11(17(19)20)7-15-12(16)18/h1-3,6-8,14H,4-5H2. The van der Waals surface area contributed by atoms with Crippen LogP contribution in [0.25, 0.3) is 0 Å². The molecule has 0 fully saturated rings. The fraction of sp³-hybridized carbons (Fsp3) is 0.167. The SMILES string of the molecule is O=c1ncc([N+](=O)[O-])cn1CCNc1cccc(F)c1. The van der Waals surface area contributed by atoms with Gasteiger partial charge in [0.2, 0.25) is 0 Å². The van der Waals surface area contributed by atoms with Crippen LogP contribution < -0.4 is 11.0 Å². The molecule has 0 atom stereocenters. The first kappa shape index (κ1) is 13.7. The lowest BCUT2D eigenvalue weighted by atomic mass is 10.3. The zero-order chi connectivity index (χ0) is 14.5. The van der Waals surface area contributed by atoms with Crippen molar-refractivity contribution in [2.24, 2.45) is 0 Å². The van der Waals surface area contributed by atoms with E-state index in [1.165, 1.54) is 12.1 Å². The molecule has 0 saturated heterocycles. The number of nitro groups is 1. The lowest BCUT2D eigenvalue weighted by Gasteiger charge is -2.07. The highest BCUT2D eigenvalue weighted by atomic mass is 19.1. The van der Waals surface area contributed by atoms with Gasteiger partial charge in [0, 0.05) is 18.8 Å². The summed E-state index contributed by atoms with van der Waals surface area (Å²) in [6.45, 7) is 0.496. The van der Waals surface area contributed by atoms with Crippen molar-refractivity contribution in [1.82, 2.24) is 9.55 Å². The smallest absolute Gasteiger partial charge is 0.348 e. The van der Waals surface area contributed by atoms with Gasteiger partial charge in [0.25, 0.3) is 0 Å². The molecule has 1 N–H and O–H groups in total. The van der Waals surface area contributed by atoms with Crippen molar-refractivity contribution in [2.75, 3.05) is 11.9 Å². The van der Waals surface area contributed by atoms with Crippen molar-refractivity contribution in [3.63, 3.8) is 0 Å². The molecule has 0 aliphatic rings. The average molecular weight is 278 g/mol. The number of hydrogen-bond donors (Lipinski definition) is 1. The zero-order valence-corrected chi connectivity index (χ0v) is 10.3. The van der Waals surface area contributed by atoms with Gasteiger partial charge in [-0.2, -0.15) is 4.98 Å². The predicted molar refractivity (Wildman–Crippen MR) is 70.0 cm³/mol. The van der Waals surface area contributed by atoms with Gasteiger partial charge in [-0.15, -0.1) is 0 Å². The summed E-state index contributed by atoms with van der Waals surface area (Å²) in [5.74, 6) is -0.371. The molecule has 8 heteroatoms. The molecular formula is C12H11FN4O3. The number of rotatable bonds is 5. The maximum absolute atomic E-state index is 12.9. The third kappa shape index (κ3) is 3.37. The van der Waals surface area contributed by atoms with Gasteiger partial charge in [-0.1, -0.05) is 6.07 Å². The summed E-state index contributed by atoms with van der Waals surface area (Å²) in [6, 6.07) is 5.87. The summed E-state index contributed by atoms with van der Waals surface area (Å²) in [5.41, 5.74) is -0.261. The molecule has 7 nitrogen and oxygen atoms in total. The van der Waals surface area contributed by atoms with Gasteiger partial charge < -0.3 is 5.32 Å². The van der Waals surface area contributed by atoms with Crippen LogP contribution in [0.4, 0.5) is 15.8 Å². The van der Waals surface area contributed by atoms with Crippen LogP contribution in [0, 0.1) is 15.9 Å². The summed E-state index contributed by atoms with van der Waals surface area (Å²) in [7, 11) is 0.